The molecule has 1 aromatic rings. The van der Waals surface area contributed by atoms with Crippen molar-refractivity contribution in [3.05, 3.63) is 40.1 Å². The summed E-state index contributed by atoms with van der Waals surface area (Å²) in [5.74, 6) is 1.17. The van der Waals surface area contributed by atoms with Gasteiger partial charge in [0, 0.05) is 0 Å². The van der Waals surface area contributed by atoms with Crippen molar-refractivity contribution < 1.29 is 4.74 Å². The normalized spacial score (nSPS) is 15.8. The fraction of sp³-hybridized carbons (Fsp3) is 0.600. The number of hydrogen-bond acceptors (Lipinski definition) is 1. The Balaban J connectivity index is 2.88. The van der Waals surface area contributed by atoms with E-state index in [2.05, 4.69) is 92.9 Å². The van der Waals surface area contributed by atoms with E-state index in [-0.39, 0.29) is 10.8 Å². The van der Waals surface area contributed by atoms with Gasteiger partial charge in [0.25, 0.3) is 0 Å². The van der Waals surface area contributed by atoms with Crippen LogP contribution in [0.15, 0.2) is 29.0 Å². The number of ether oxygens (including phenoxy) is 1. The number of hydrogen-bond donors (Lipinski definition) is 0. The second kappa shape index (κ2) is 7.64. The molecule has 0 spiro atoms. The first-order valence-corrected chi connectivity index (χ1v) is 16.1. The fourth-order valence-corrected chi connectivity index (χ4v) is 10.1. The predicted octanol–water partition coefficient (Wildman–Crippen LogP) is 6.02. The Bertz CT molecular complexity index is 812. The summed E-state index contributed by atoms with van der Waals surface area (Å²) in [6.45, 7) is 26.2. The van der Waals surface area contributed by atoms with Crippen LogP contribution in [0.5, 0.6) is 5.75 Å². The molecule has 3 heteroatoms. The van der Waals surface area contributed by atoms with E-state index < -0.39 is 16.9 Å². The molecule has 0 N–H and O–H groups in total. The van der Waals surface area contributed by atoms with Crippen molar-refractivity contribution in [2.75, 3.05) is 7.11 Å². The van der Waals surface area contributed by atoms with Crippen molar-refractivity contribution >= 4 is 27.2 Å². The third kappa shape index (κ3) is 4.11. The molecule has 1 nitrogen and oxygen atoms in total. The lowest BCUT2D eigenvalue weighted by molar-refractivity contribution is 0.401. The van der Waals surface area contributed by atoms with Gasteiger partial charge in [-0.1, -0.05) is 102 Å². The molecule has 1 aromatic carbocycles. The van der Waals surface area contributed by atoms with Crippen LogP contribution in [-0.4, -0.2) is 24.0 Å². The molecule has 0 aromatic heterocycles. The molecule has 0 amide bonds. The highest BCUT2D eigenvalue weighted by Crippen LogP contribution is 2.40. The fourth-order valence-electron chi connectivity index (χ4n) is 4.80. The molecule has 0 unspecified atom stereocenters. The maximum absolute atomic E-state index is 6.22. The van der Waals surface area contributed by atoms with Crippen molar-refractivity contribution in [3.8, 4) is 5.75 Å². The second-order valence-corrected chi connectivity index (χ2v) is 18.0. The first kappa shape index (κ1) is 23.2. The minimum Gasteiger partial charge on any atom is -0.497 e. The summed E-state index contributed by atoms with van der Waals surface area (Å²) in [7, 11) is -0.593. The van der Waals surface area contributed by atoms with Crippen molar-refractivity contribution in [3.63, 3.8) is 0 Å². The molecule has 1 aliphatic rings. The standard InChI is InChI=1S/C25H41OSi2/c1-17-16-20(22(26-8)21(25(5,6)7)23(17)27(9)10)28(11,12)19-15-13-14-18(19)24(2,3)4/h13-14,16H,15H2,1-12H3. The summed E-state index contributed by atoms with van der Waals surface area (Å²) in [6.07, 6.45) is 5.83. The third-order valence-electron chi connectivity index (χ3n) is 6.10. The number of aryl methyl sites for hydroxylation is 1. The van der Waals surface area contributed by atoms with Crippen LogP contribution in [-0.2, 0) is 5.41 Å². The Morgan fingerprint density at radius 3 is 2.00 bits per heavy atom. The lowest BCUT2D eigenvalue weighted by Crippen LogP contribution is -2.48. The van der Waals surface area contributed by atoms with Crippen LogP contribution in [0.2, 0.25) is 26.2 Å². The maximum atomic E-state index is 6.22. The van der Waals surface area contributed by atoms with E-state index in [0.717, 1.165) is 6.42 Å². The van der Waals surface area contributed by atoms with Crippen LogP contribution in [0.3, 0.4) is 0 Å². The van der Waals surface area contributed by atoms with Gasteiger partial charge in [-0.15, -0.1) is 0 Å². The van der Waals surface area contributed by atoms with E-state index in [1.54, 1.807) is 16.0 Å². The molecule has 0 saturated heterocycles. The lowest BCUT2D eigenvalue weighted by atomic mass is 9.85. The Morgan fingerprint density at radius 1 is 1.00 bits per heavy atom. The minimum atomic E-state index is -1.88. The largest absolute Gasteiger partial charge is 0.497 e. The van der Waals surface area contributed by atoms with Gasteiger partial charge >= 0.3 is 0 Å². The molecule has 1 radical (unpaired) electrons. The predicted molar refractivity (Wildman–Crippen MR) is 131 cm³/mol. The Labute approximate surface area is 176 Å². The van der Waals surface area contributed by atoms with Crippen LogP contribution in [0, 0.1) is 12.3 Å². The third-order valence-corrected chi connectivity index (χ3v) is 11.4. The Morgan fingerprint density at radius 2 is 1.57 bits per heavy atom. The van der Waals surface area contributed by atoms with Gasteiger partial charge in [0.15, 0.2) is 0 Å². The minimum absolute atomic E-state index is 0.0724. The molecule has 0 fully saturated rings. The van der Waals surface area contributed by atoms with Crippen molar-refractivity contribution in [2.45, 2.75) is 86.5 Å². The van der Waals surface area contributed by atoms with Gasteiger partial charge in [0.2, 0.25) is 0 Å². The topological polar surface area (TPSA) is 9.23 Å². The lowest BCUT2D eigenvalue weighted by Gasteiger charge is -2.36. The van der Waals surface area contributed by atoms with Crippen molar-refractivity contribution in [1.82, 2.24) is 0 Å². The zero-order valence-corrected chi connectivity index (χ0v) is 22.3. The average Bonchev–Trinajstić information content (AvgIpc) is 3.03. The number of rotatable bonds is 4. The Hall–Kier alpha value is -1.07. The monoisotopic (exact) mass is 413 g/mol. The number of benzene rings is 1. The molecular formula is C25H41OSi2. The molecular weight excluding hydrogens is 372 g/mol. The summed E-state index contributed by atoms with van der Waals surface area (Å²) in [5.41, 5.74) is 4.71. The van der Waals surface area contributed by atoms with Gasteiger partial charge in [-0.3, -0.25) is 0 Å². The molecule has 0 heterocycles. The summed E-state index contributed by atoms with van der Waals surface area (Å²) >= 11 is 0. The van der Waals surface area contributed by atoms with Crippen LogP contribution >= 0.6 is 0 Å². The van der Waals surface area contributed by atoms with E-state index >= 15 is 0 Å². The molecule has 0 saturated carbocycles. The second-order valence-electron chi connectivity index (χ2n) is 11.1. The van der Waals surface area contributed by atoms with E-state index in [4.69, 9.17) is 4.74 Å². The summed E-state index contributed by atoms with van der Waals surface area (Å²) < 4.78 is 6.22. The van der Waals surface area contributed by atoms with Gasteiger partial charge in [0.1, 0.15) is 13.8 Å². The van der Waals surface area contributed by atoms with Gasteiger partial charge < -0.3 is 4.74 Å². The van der Waals surface area contributed by atoms with E-state index in [1.807, 2.05) is 7.11 Å². The van der Waals surface area contributed by atoms with Crippen LogP contribution in [0.1, 0.15) is 59.1 Å². The van der Waals surface area contributed by atoms with Crippen LogP contribution in [0.25, 0.3) is 0 Å². The first-order valence-electron chi connectivity index (χ1n) is 10.6. The first-order chi connectivity index (χ1) is 12.6. The maximum Gasteiger partial charge on any atom is 0.122 e. The summed E-state index contributed by atoms with van der Waals surface area (Å²) in [4.78, 5) is 0. The molecule has 0 bridgehead atoms. The van der Waals surface area contributed by atoms with Gasteiger partial charge in [0.05, 0.1) is 15.9 Å². The zero-order valence-electron chi connectivity index (χ0n) is 20.3. The van der Waals surface area contributed by atoms with Gasteiger partial charge in [-0.05, 0) is 40.5 Å². The van der Waals surface area contributed by atoms with Gasteiger partial charge in [-0.2, -0.15) is 0 Å². The van der Waals surface area contributed by atoms with Crippen LogP contribution < -0.4 is 15.1 Å². The van der Waals surface area contributed by atoms with Gasteiger partial charge in [-0.25, -0.2) is 0 Å². The smallest absolute Gasteiger partial charge is 0.122 e. The summed E-state index contributed by atoms with van der Waals surface area (Å²) in [5, 5.41) is 4.71. The highest BCUT2D eigenvalue weighted by atomic mass is 28.3. The molecule has 155 valence electrons. The van der Waals surface area contributed by atoms with Crippen molar-refractivity contribution in [2.24, 2.45) is 5.41 Å². The van der Waals surface area contributed by atoms with Crippen molar-refractivity contribution in [1.29, 1.82) is 0 Å². The van der Waals surface area contributed by atoms with E-state index in [0.29, 0.717) is 0 Å². The zero-order chi connectivity index (χ0) is 21.7. The average molecular weight is 414 g/mol. The Kier molecular flexibility index (Phi) is 6.34. The highest BCUT2D eigenvalue weighted by molar-refractivity contribution is 6.96. The summed E-state index contributed by atoms with van der Waals surface area (Å²) in [6, 6.07) is 2.49. The molecule has 0 atom stereocenters. The van der Waals surface area contributed by atoms with E-state index in [1.165, 1.54) is 22.1 Å². The SMILES string of the molecule is COc1c([Si](C)(C)C2=C(C(C)(C)C)C=CC2)cc(C)c([Si](C)C)c1C(C)(C)C. The molecule has 1 aliphatic carbocycles. The van der Waals surface area contributed by atoms with Crippen LogP contribution in [0.4, 0.5) is 0 Å². The molecule has 2 rings (SSSR count). The highest BCUT2D eigenvalue weighted by Gasteiger charge is 2.39. The number of methoxy groups -OCH3 is 1. The van der Waals surface area contributed by atoms with E-state index in [9.17, 15) is 0 Å². The molecule has 0 aliphatic heterocycles. The number of allylic oxidation sites excluding steroid dienone is 4. The molecule has 28 heavy (non-hydrogen) atoms. The quantitative estimate of drug-likeness (QED) is 0.548.